The minimum absolute atomic E-state index is 0.156. The zero-order valence-electron chi connectivity index (χ0n) is 10.9. The van der Waals surface area contributed by atoms with E-state index in [1.165, 1.54) is 6.07 Å². The van der Waals surface area contributed by atoms with E-state index in [0.717, 1.165) is 5.56 Å². The van der Waals surface area contributed by atoms with Crippen LogP contribution in [-0.2, 0) is 11.3 Å². The molecule has 3 nitrogen and oxygen atoms in total. The normalized spacial score (nSPS) is 10.2. The lowest BCUT2D eigenvalue weighted by atomic mass is 10.2. The summed E-state index contributed by atoms with van der Waals surface area (Å²) in [5.41, 5.74) is 1.64. The highest BCUT2D eigenvalue weighted by Gasteiger charge is 2.09. The molecule has 2 aromatic carbocycles. The smallest absolute Gasteiger partial charge is 0.411 e. The van der Waals surface area contributed by atoms with E-state index in [9.17, 15) is 9.18 Å². The number of hydrogen-bond donors (Lipinski definition) is 2. The van der Waals surface area contributed by atoms with Crippen molar-refractivity contribution < 1.29 is 13.9 Å². The summed E-state index contributed by atoms with van der Waals surface area (Å²) >= 11 is 4.19. The van der Waals surface area contributed by atoms with Crippen molar-refractivity contribution in [3.8, 4) is 0 Å². The fourth-order valence-corrected chi connectivity index (χ4v) is 1.95. The van der Waals surface area contributed by atoms with Gasteiger partial charge in [-0.3, -0.25) is 5.32 Å². The third-order valence-corrected chi connectivity index (χ3v) is 3.10. The monoisotopic (exact) mass is 291 g/mol. The highest BCUT2D eigenvalue weighted by molar-refractivity contribution is 7.80. The van der Waals surface area contributed by atoms with E-state index in [2.05, 4.69) is 17.9 Å². The van der Waals surface area contributed by atoms with Crippen molar-refractivity contribution in [2.45, 2.75) is 18.4 Å². The summed E-state index contributed by atoms with van der Waals surface area (Å²) in [5.74, 6) is -0.402. The van der Waals surface area contributed by atoms with Crippen molar-refractivity contribution in [3.05, 3.63) is 59.4 Å². The molecule has 2 aromatic rings. The van der Waals surface area contributed by atoms with Crippen LogP contribution in [0.3, 0.4) is 0 Å². The molecule has 5 heteroatoms. The first-order valence-electron chi connectivity index (χ1n) is 6.03. The second kappa shape index (κ2) is 6.43. The van der Waals surface area contributed by atoms with Crippen LogP contribution in [0.4, 0.5) is 14.9 Å². The summed E-state index contributed by atoms with van der Waals surface area (Å²) in [6.45, 7) is 1.79. The van der Waals surface area contributed by atoms with E-state index in [1.54, 1.807) is 13.0 Å². The number of ether oxygens (including phenoxy) is 1. The number of rotatable bonds is 3. The molecule has 0 fully saturated rings. The fourth-order valence-electron chi connectivity index (χ4n) is 1.64. The number of nitrogens with one attached hydrogen (secondary N) is 1. The van der Waals surface area contributed by atoms with E-state index in [1.807, 2.05) is 30.3 Å². The number of benzene rings is 2. The van der Waals surface area contributed by atoms with E-state index >= 15 is 0 Å². The molecule has 20 heavy (non-hydrogen) atoms. The molecule has 0 aliphatic carbocycles. The van der Waals surface area contributed by atoms with Gasteiger partial charge in [0, 0.05) is 4.90 Å². The van der Waals surface area contributed by atoms with Gasteiger partial charge in [0.1, 0.15) is 12.4 Å². The van der Waals surface area contributed by atoms with Gasteiger partial charge in [-0.1, -0.05) is 30.3 Å². The number of amides is 1. The van der Waals surface area contributed by atoms with Gasteiger partial charge in [0.2, 0.25) is 0 Å². The first-order chi connectivity index (χ1) is 9.56. The number of hydrogen-bond acceptors (Lipinski definition) is 3. The van der Waals surface area contributed by atoms with Gasteiger partial charge >= 0.3 is 6.09 Å². The Morgan fingerprint density at radius 2 is 2.00 bits per heavy atom. The Morgan fingerprint density at radius 1 is 1.30 bits per heavy atom. The molecule has 0 radical (unpaired) electrons. The summed E-state index contributed by atoms with van der Waals surface area (Å²) in [6, 6.07) is 12.1. The molecule has 0 saturated heterocycles. The number of thiol groups is 1. The second-order valence-electron chi connectivity index (χ2n) is 4.31. The van der Waals surface area contributed by atoms with Crippen LogP contribution in [0.2, 0.25) is 0 Å². The molecule has 104 valence electrons. The van der Waals surface area contributed by atoms with Crippen LogP contribution in [0, 0.1) is 12.7 Å². The van der Waals surface area contributed by atoms with Gasteiger partial charge < -0.3 is 4.74 Å². The molecule has 0 aliphatic rings. The molecule has 0 spiro atoms. The van der Waals surface area contributed by atoms with E-state index in [4.69, 9.17) is 4.74 Å². The standard InChI is InChI=1S/C15H14FNO2S/c1-10-7-14(20)13(8-12(10)16)17-15(18)19-9-11-5-3-2-4-6-11/h2-8,20H,9H2,1H3,(H,17,18). The third kappa shape index (κ3) is 3.74. The van der Waals surface area contributed by atoms with Gasteiger partial charge in [-0.25, -0.2) is 9.18 Å². The van der Waals surface area contributed by atoms with Crippen LogP contribution < -0.4 is 5.32 Å². The van der Waals surface area contributed by atoms with Gasteiger partial charge in [-0.15, -0.1) is 12.6 Å². The van der Waals surface area contributed by atoms with Crippen molar-refractivity contribution in [1.82, 2.24) is 0 Å². The van der Waals surface area contributed by atoms with Crippen LogP contribution >= 0.6 is 12.6 Å². The summed E-state index contributed by atoms with van der Waals surface area (Å²) in [7, 11) is 0. The Labute approximate surface area is 122 Å². The fraction of sp³-hybridized carbons (Fsp3) is 0.133. The quantitative estimate of drug-likeness (QED) is 0.833. The average molecular weight is 291 g/mol. The molecule has 0 aromatic heterocycles. The van der Waals surface area contributed by atoms with E-state index < -0.39 is 11.9 Å². The Morgan fingerprint density at radius 3 is 2.70 bits per heavy atom. The van der Waals surface area contributed by atoms with E-state index in [-0.39, 0.29) is 12.3 Å². The van der Waals surface area contributed by atoms with Crippen molar-refractivity contribution in [2.24, 2.45) is 0 Å². The lowest BCUT2D eigenvalue weighted by Gasteiger charge is -2.10. The maximum atomic E-state index is 13.4. The maximum Gasteiger partial charge on any atom is 0.411 e. The predicted molar refractivity (Wildman–Crippen MR) is 78.6 cm³/mol. The number of halogens is 1. The lowest BCUT2D eigenvalue weighted by molar-refractivity contribution is 0.155. The topological polar surface area (TPSA) is 38.3 Å². The molecule has 0 unspecified atom stereocenters. The zero-order chi connectivity index (χ0) is 14.5. The Hall–Kier alpha value is -2.01. The van der Waals surface area contributed by atoms with Crippen LogP contribution in [0.1, 0.15) is 11.1 Å². The van der Waals surface area contributed by atoms with Crippen molar-refractivity contribution in [1.29, 1.82) is 0 Å². The zero-order valence-corrected chi connectivity index (χ0v) is 11.8. The Bertz CT molecular complexity index is 617. The summed E-state index contributed by atoms with van der Waals surface area (Å²) in [4.78, 5) is 12.1. The molecule has 1 N–H and O–H groups in total. The first kappa shape index (κ1) is 14.4. The summed E-state index contributed by atoms with van der Waals surface area (Å²) < 4.78 is 18.5. The molecule has 0 aliphatic heterocycles. The van der Waals surface area contributed by atoms with Crippen LogP contribution in [0.25, 0.3) is 0 Å². The summed E-state index contributed by atoms with van der Waals surface area (Å²) in [5, 5.41) is 2.47. The maximum absolute atomic E-state index is 13.4. The highest BCUT2D eigenvalue weighted by Crippen LogP contribution is 2.23. The SMILES string of the molecule is Cc1cc(S)c(NC(=O)OCc2ccccc2)cc1F. The van der Waals surface area contributed by atoms with Gasteiger partial charge in [0.05, 0.1) is 5.69 Å². The van der Waals surface area contributed by atoms with Gasteiger partial charge in [-0.2, -0.15) is 0 Å². The van der Waals surface area contributed by atoms with Gasteiger partial charge in [0.15, 0.2) is 0 Å². The molecule has 0 heterocycles. The molecule has 2 rings (SSSR count). The number of aryl methyl sites for hydroxylation is 1. The summed E-state index contributed by atoms with van der Waals surface area (Å²) in [6.07, 6.45) is -0.646. The molecule has 0 saturated carbocycles. The number of carbonyl (C=O) groups is 1. The van der Waals surface area contributed by atoms with Gasteiger partial charge in [0.25, 0.3) is 0 Å². The minimum Gasteiger partial charge on any atom is -0.444 e. The number of anilines is 1. The number of carbonyl (C=O) groups excluding carboxylic acids is 1. The average Bonchev–Trinajstić information content (AvgIpc) is 2.44. The largest absolute Gasteiger partial charge is 0.444 e. The van der Waals surface area contributed by atoms with Crippen LogP contribution in [0.15, 0.2) is 47.4 Å². The molecule has 0 bridgehead atoms. The molecule has 0 atom stereocenters. The van der Waals surface area contributed by atoms with Crippen LogP contribution in [-0.4, -0.2) is 6.09 Å². The molecular formula is C15H14FNO2S. The molecule has 1 amide bonds. The molecular weight excluding hydrogens is 277 g/mol. The Kier molecular flexibility index (Phi) is 4.63. The van der Waals surface area contributed by atoms with Crippen LogP contribution in [0.5, 0.6) is 0 Å². The van der Waals surface area contributed by atoms with Crippen molar-refractivity contribution >= 4 is 24.4 Å². The first-order valence-corrected chi connectivity index (χ1v) is 6.48. The lowest BCUT2D eigenvalue weighted by Crippen LogP contribution is -2.14. The van der Waals surface area contributed by atoms with Crippen molar-refractivity contribution in [2.75, 3.05) is 5.32 Å². The van der Waals surface area contributed by atoms with Gasteiger partial charge in [-0.05, 0) is 30.2 Å². The Balaban J connectivity index is 1.97. The third-order valence-electron chi connectivity index (χ3n) is 2.73. The van der Waals surface area contributed by atoms with E-state index in [0.29, 0.717) is 10.5 Å². The van der Waals surface area contributed by atoms with Crippen molar-refractivity contribution in [3.63, 3.8) is 0 Å². The highest BCUT2D eigenvalue weighted by atomic mass is 32.1. The minimum atomic E-state index is -0.646. The second-order valence-corrected chi connectivity index (χ2v) is 4.79. The predicted octanol–water partition coefficient (Wildman–Crippen LogP) is 4.17.